The summed E-state index contributed by atoms with van der Waals surface area (Å²) in [5.41, 5.74) is 1.64. The molecule has 0 bridgehead atoms. The van der Waals surface area contributed by atoms with Gasteiger partial charge in [0, 0.05) is 34.2 Å². The number of aromatic nitrogens is 2. The van der Waals surface area contributed by atoms with Gasteiger partial charge in [-0.25, -0.2) is 14.6 Å². The first-order valence-corrected chi connectivity index (χ1v) is 19.3. The fourth-order valence-electron chi connectivity index (χ4n) is 5.47. The Morgan fingerprint density at radius 1 is 1.02 bits per heavy atom. The van der Waals surface area contributed by atoms with E-state index in [1.54, 1.807) is 33.2 Å². The average molecular weight is 773 g/mol. The molecule has 3 amide bonds. The smallest absolute Gasteiger partial charge is 0.413 e. The number of ether oxygens (including phenoxy) is 2. The van der Waals surface area contributed by atoms with Crippen LogP contribution in [-0.4, -0.2) is 80.1 Å². The number of carbonyl (C=O) groups excluding carboxylic acids is 4. The van der Waals surface area contributed by atoms with Crippen molar-refractivity contribution in [1.82, 2.24) is 20.2 Å². The van der Waals surface area contributed by atoms with Crippen molar-refractivity contribution < 1.29 is 33.5 Å². The molecule has 13 nitrogen and oxygen atoms in total. The lowest BCUT2D eigenvalue weighted by Crippen LogP contribution is -2.71. The third-order valence-corrected chi connectivity index (χ3v) is 11.0. The second kappa shape index (κ2) is 16.7. The van der Waals surface area contributed by atoms with Gasteiger partial charge in [0.05, 0.1) is 0 Å². The zero-order chi connectivity index (χ0) is 37.5. The van der Waals surface area contributed by atoms with Gasteiger partial charge in [-0.15, -0.1) is 34.9 Å². The highest BCUT2D eigenvalue weighted by Gasteiger charge is 2.55. The Hall–Kier alpha value is -5.19. The van der Waals surface area contributed by atoms with Gasteiger partial charge < -0.3 is 19.6 Å². The number of thioether (sulfide) groups is 2. The summed E-state index contributed by atoms with van der Waals surface area (Å²) < 4.78 is 11.5. The van der Waals surface area contributed by atoms with Crippen molar-refractivity contribution in [3.05, 3.63) is 119 Å². The topological polar surface area (TPSA) is 161 Å². The molecule has 0 saturated carbocycles. The minimum absolute atomic E-state index is 0.118. The van der Waals surface area contributed by atoms with E-state index in [0.29, 0.717) is 11.5 Å². The number of pyridine rings is 1. The molecule has 0 aliphatic carbocycles. The van der Waals surface area contributed by atoms with E-state index < -0.39 is 47.0 Å². The summed E-state index contributed by atoms with van der Waals surface area (Å²) in [5.74, 6) is -1.02. The number of nitrogens with one attached hydrogen (secondary N) is 2. The predicted molar refractivity (Wildman–Crippen MR) is 203 cm³/mol. The highest BCUT2D eigenvalue weighted by molar-refractivity contribution is 8.01. The fraction of sp³-hybridized carbons (Fsp3) is 0.270. The molecule has 0 spiro atoms. The number of thiazole rings is 1. The van der Waals surface area contributed by atoms with E-state index in [2.05, 4.69) is 25.8 Å². The number of esters is 1. The Bertz CT molecular complexity index is 1980. The molecule has 4 heterocycles. The van der Waals surface area contributed by atoms with Gasteiger partial charge in [-0.3, -0.25) is 24.8 Å². The molecule has 1 saturated heterocycles. The van der Waals surface area contributed by atoms with Crippen LogP contribution in [-0.2, 0) is 28.7 Å². The van der Waals surface area contributed by atoms with Crippen LogP contribution in [0.15, 0.2) is 112 Å². The molecule has 0 radical (unpaired) electrons. The number of β-lactam (4-membered cyclic amide) rings is 1. The van der Waals surface area contributed by atoms with Gasteiger partial charge in [0.25, 0.3) is 11.8 Å². The Balaban J connectivity index is 1.23. The number of rotatable bonds is 12. The molecular formula is C37H36N6O7S3. The molecule has 0 unspecified atom stereocenters. The third-order valence-electron chi connectivity index (χ3n) is 7.77. The van der Waals surface area contributed by atoms with Crippen LogP contribution in [0.4, 0.5) is 9.93 Å². The first-order valence-electron chi connectivity index (χ1n) is 16.4. The minimum Gasteiger partial charge on any atom is -0.448 e. The second-order valence-corrected chi connectivity index (χ2v) is 15.7. The number of carbonyl (C=O) groups is 4. The summed E-state index contributed by atoms with van der Waals surface area (Å²) >= 11 is 4.01. The van der Waals surface area contributed by atoms with E-state index in [-0.39, 0.29) is 22.2 Å². The minimum atomic E-state index is -0.983. The van der Waals surface area contributed by atoms with Crippen molar-refractivity contribution in [2.45, 2.75) is 48.8 Å². The number of fused-ring (bicyclic) bond motifs is 1. The summed E-state index contributed by atoms with van der Waals surface area (Å²) in [6.45, 7) is 5.20. The molecule has 2 aromatic carbocycles. The van der Waals surface area contributed by atoms with Crippen molar-refractivity contribution in [2.24, 2.45) is 5.16 Å². The van der Waals surface area contributed by atoms with Gasteiger partial charge >= 0.3 is 12.1 Å². The van der Waals surface area contributed by atoms with Crippen molar-refractivity contribution in [3.63, 3.8) is 0 Å². The Morgan fingerprint density at radius 2 is 1.68 bits per heavy atom. The van der Waals surface area contributed by atoms with Crippen LogP contribution in [0.5, 0.6) is 0 Å². The van der Waals surface area contributed by atoms with E-state index in [9.17, 15) is 19.2 Å². The first-order chi connectivity index (χ1) is 25.5. The van der Waals surface area contributed by atoms with Crippen LogP contribution in [0, 0.1) is 0 Å². The van der Waals surface area contributed by atoms with Gasteiger partial charge in [0.15, 0.2) is 16.9 Å². The zero-order valence-corrected chi connectivity index (χ0v) is 31.6. The molecule has 4 aromatic rings. The highest BCUT2D eigenvalue weighted by atomic mass is 32.2. The van der Waals surface area contributed by atoms with Crippen LogP contribution in [0.25, 0.3) is 0 Å². The SMILES string of the molecule is CON=C(C(=O)N[C@@H]1C(=O)N2C(C(=O)OC(c3ccccc3)c3ccccc3)=C(CSc3ccncc3)CS[C@@H]12)c1csc(NC(=O)OC(C)(C)C)n1. The maximum absolute atomic E-state index is 14.3. The lowest BCUT2D eigenvalue weighted by atomic mass is 10.0. The summed E-state index contributed by atoms with van der Waals surface area (Å²) in [7, 11) is 1.28. The fourth-order valence-corrected chi connectivity index (χ4v) is 8.52. The lowest BCUT2D eigenvalue weighted by Gasteiger charge is -2.49. The van der Waals surface area contributed by atoms with Gasteiger partial charge in [-0.05, 0) is 49.6 Å². The molecule has 2 aliphatic heterocycles. The standard InChI is InChI=1S/C37H36N6O7S3/c1-37(2,3)50-36(47)41-35-39-26(21-53-35)27(42-48-4)31(44)40-28-32(45)43-29(24(20-52-33(28)43)19-51-25-15-17-38-18-16-25)34(46)49-30(22-11-7-5-8-12-22)23-13-9-6-10-14-23/h5-18,21,28,30,33H,19-20H2,1-4H3,(H,40,44)(H,39,41,47)/t28-,33+/m1/s1. The Kier molecular flexibility index (Phi) is 11.8. The highest BCUT2D eigenvalue weighted by Crippen LogP contribution is 2.43. The maximum Gasteiger partial charge on any atom is 0.413 e. The maximum atomic E-state index is 14.3. The van der Waals surface area contributed by atoms with Gasteiger partial charge in [0.1, 0.15) is 35.5 Å². The van der Waals surface area contributed by atoms with E-state index in [1.165, 1.54) is 40.9 Å². The summed E-state index contributed by atoms with van der Waals surface area (Å²) in [5, 5.41) is 10.3. The number of hydrogen-bond donors (Lipinski definition) is 2. The quantitative estimate of drug-likeness (QED) is 0.0570. The van der Waals surface area contributed by atoms with Crippen molar-refractivity contribution in [1.29, 1.82) is 0 Å². The van der Waals surface area contributed by atoms with E-state index in [0.717, 1.165) is 32.9 Å². The molecule has 2 N–H and O–H groups in total. The van der Waals surface area contributed by atoms with Crippen molar-refractivity contribution >= 4 is 69.6 Å². The van der Waals surface area contributed by atoms with Crippen molar-refractivity contribution in [3.8, 4) is 0 Å². The molecule has 2 aliphatic rings. The number of nitrogens with zero attached hydrogens (tertiary/aromatic N) is 4. The molecule has 1 fully saturated rings. The number of oxime groups is 1. The van der Waals surface area contributed by atoms with Gasteiger partial charge in [-0.1, -0.05) is 65.8 Å². The average Bonchev–Trinajstić information content (AvgIpc) is 3.61. The van der Waals surface area contributed by atoms with Gasteiger partial charge in [0.2, 0.25) is 0 Å². The zero-order valence-electron chi connectivity index (χ0n) is 29.2. The number of amides is 3. The molecule has 2 atom stereocenters. The van der Waals surface area contributed by atoms with Crippen LogP contribution in [0.1, 0.15) is 43.7 Å². The number of hydrogen-bond acceptors (Lipinski definition) is 13. The summed E-state index contributed by atoms with van der Waals surface area (Å²) in [6, 6.07) is 21.6. The van der Waals surface area contributed by atoms with E-state index >= 15 is 0 Å². The Morgan fingerprint density at radius 3 is 2.30 bits per heavy atom. The normalized spacial score (nSPS) is 17.1. The van der Waals surface area contributed by atoms with Crippen LogP contribution < -0.4 is 10.6 Å². The number of benzene rings is 2. The molecule has 16 heteroatoms. The second-order valence-electron chi connectivity index (χ2n) is 12.7. The molecule has 274 valence electrons. The van der Waals surface area contributed by atoms with E-state index in [4.69, 9.17) is 14.3 Å². The van der Waals surface area contributed by atoms with Gasteiger partial charge in [-0.2, -0.15) is 0 Å². The monoisotopic (exact) mass is 772 g/mol. The van der Waals surface area contributed by atoms with Crippen LogP contribution in [0.2, 0.25) is 0 Å². The Labute approximate surface area is 318 Å². The van der Waals surface area contributed by atoms with Crippen molar-refractivity contribution in [2.75, 3.05) is 23.9 Å². The predicted octanol–water partition coefficient (Wildman–Crippen LogP) is 6.01. The largest absolute Gasteiger partial charge is 0.448 e. The number of anilines is 1. The molecule has 2 aromatic heterocycles. The molecule has 6 rings (SSSR count). The lowest BCUT2D eigenvalue weighted by molar-refractivity contribution is -0.154. The third kappa shape index (κ3) is 9.07. The van der Waals surface area contributed by atoms with Crippen LogP contribution in [0.3, 0.4) is 0 Å². The summed E-state index contributed by atoms with van der Waals surface area (Å²) in [6.07, 6.45) is 1.95. The molecule has 53 heavy (non-hydrogen) atoms. The van der Waals surface area contributed by atoms with Crippen LogP contribution >= 0.6 is 34.9 Å². The summed E-state index contributed by atoms with van der Waals surface area (Å²) in [4.78, 5) is 69.8. The first kappa shape index (κ1) is 37.6. The van der Waals surface area contributed by atoms with E-state index in [1.807, 2.05) is 72.8 Å². The molecular weight excluding hydrogens is 737 g/mol.